The van der Waals surface area contributed by atoms with Crippen LogP contribution in [-0.2, 0) is 20.2 Å². The van der Waals surface area contributed by atoms with Gasteiger partial charge in [-0.15, -0.1) is 3.89 Å². The summed E-state index contributed by atoms with van der Waals surface area (Å²) in [4.78, 5) is -0.943. The number of sulfonamides is 1. The van der Waals surface area contributed by atoms with Crippen molar-refractivity contribution in [2.24, 2.45) is 5.41 Å². The summed E-state index contributed by atoms with van der Waals surface area (Å²) in [5, 5.41) is 0. The van der Waals surface area contributed by atoms with Crippen LogP contribution in [0.1, 0.15) is 27.2 Å². The monoisotopic (exact) mass is 323 g/mol. The van der Waals surface area contributed by atoms with E-state index in [4.69, 9.17) is 0 Å². The van der Waals surface area contributed by atoms with Crippen LogP contribution in [-0.4, -0.2) is 23.4 Å². The molecule has 1 aromatic rings. The van der Waals surface area contributed by atoms with Crippen LogP contribution >= 0.6 is 0 Å². The number of benzene rings is 1. The predicted octanol–water partition coefficient (Wildman–Crippen LogP) is 2.06. The average molecular weight is 323 g/mol. The SMILES string of the molecule is CC(C)(C)CCNS(=O)(=O)c1cccc(S(=O)(=O)F)c1. The van der Waals surface area contributed by atoms with Crippen molar-refractivity contribution >= 4 is 20.2 Å². The molecule has 0 fully saturated rings. The van der Waals surface area contributed by atoms with E-state index in [-0.39, 0.29) is 16.9 Å². The molecule has 0 aliphatic carbocycles. The Morgan fingerprint density at radius 2 is 1.65 bits per heavy atom. The predicted molar refractivity (Wildman–Crippen MR) is 74.0 cm³/mol. The van der Waals surface area contributed by atoms with E-state index in [0.29, 0.717) is 6.42 Å². The first-order valence-electron chi connectivity index (χ1n) is 5.96. The first kappa shape index (κ1) is 17.1. The first-order chi connectivity index (χ1) is 8.92. The molecule has 1 N–H and O–H groups in total. The molecule has 1 aromatic carbocycles. The Labute approximate surface area is 119 Å². The van der Waals surface area contributed by atoms with E-state index in [1.54, 1.807) is 0 Å². The molecule has 0 atom stereocenters. The minimum Gasteiger partial charge on any atom is -0.211 e. The summed E-state index contributed by atoms with van der Waals surface area (Å²) in [5.74, 6) is 0. The third kappa shape index (κ3) is 5.18. The van der Waals surface area contributed by atoms with Crippen LogP contribution in [0.25, 0.3) is 0 Å². The van der Waals surface area contributed by atoms with Crippen LogP contribution in [0.2, 0.25) is 0 Å². The van der Waals surface area contributed by atoms with E-state index in [1.807, 2.05) is 20.8 Å². The van der Waals surface area contributed by atoms with Gasteiger partial charge in [-0.2, -0.15) is 8.42 Å². The summed E-state index contributed by atoms with van der Waals surface area (Å²) in [6.07, 6.45) is 0.618. The van der Waals surface area contributed by atoms with E-state index < -0.39 is 25.1 Å². The molecular formula is C12H18FNO4S2. The molecule has 1 rings (SSSR count). The molecule has 0 aliphatic heterocycles. The first-order valence-corrected chi connectivity index (χ1v) is 8.83. The van der Waals surface area contributed by atoms with E-state index in [1.165, 1.54) is 12.1 Å². The number of hydrogen-bond donors (Lipinski definition) is 1. The molecule has 0 bridgehead atoms. The molecule has 0 amide bonds. The normalized spacial score (nSPS) is 13.4. The van der Waals surface area contributed by atoms with Gasteiger partial charge in [-0.25, -0.2) is 13.1 Å². The van der Waals surface area contributed by atoms with Gasteiger partial charge in [0.15, 0.2) is 0 Å². The minimum absolute atomic E-state index is 0.0351. The molecule has 0 aromatic heterocycles. The quantitative estimate of drug-likeness (QED) is 0.841. The molecule has 0 saturated carbocycles. The van der Waals surface area contributed by atoms with Crippen molar-refractivity contribution in [1.29, 1.82) is 0 Å². The van der Waals surface area contributed by atoms with E-state index in [2.05, 4.69) is 4.72 Å². The summed E-state index contributed by atoms with van der Waals surface area (Å²) in [7, 11) is -8.77. The smallest absolute Gasteiger partial charge is 0.211 e. The van der Waals surface area contributed by atoms with Crippen molar-refractivity contribution < 1.29 is 20.7 Å². The maximum absolute atomic E-state index is 12.9. The maximum Gasteiger partial charge on any atom is 0.332 e. The van der Waals surface area contributed by atoms with Crippen molar-refractivity contribution in [2.45, 2.75) is 37.0 Å². The fraction of sp³-hybridized carbons (Fsp3) is 0.500. The van der Waals surface area contributed by atoms with Crippen molar-refractivity contribution in [3.8, 4) is 0 Å². The lowest BCUT2D eigenvalue weighted by molar-refractivity contribution is 0.378. The second kappa shape index (κ2) is 5.79. The summed E-state index contributed by atoms with van der Waals surface area (Å²) in [6.45, 7) is 6.13. The highest BCUT2D eigenvalue weighted by atomic mass is 32.3. The van der Waals surface area contributed by atoms with Crippen LogP contribution in [0.5, 0.6) is 0 Å². The van der Waals surface area contributed by atoms with Crippen LogP contribution in [0.15, 0.2) is 34.1 Å². The number of halogens is 1. The maximum atomic E-state index is 12.9. The summed E-state index contributed by atoms with van der Waals surface area (Å²) in [5.41, 5.74) is -0.0351. The minimum atomic E-state index is -4.92. The fourth-order valence-corrected chi connectivity index (χ4v) is 3.10. The molecule has 114 valence electrons. The van der Waals surface area contributed by atoms with Crippen LogP contribution in [0.4, 0.5) is 3.89 Å². The Morgan fingerprint density at radius 3 is 2.15 bits per heavy atom. The van der Waals surface area contributed by atoms with Gasteiger partial charge in [-0.1, -0.05) is 26.8 Å². The summed E-state index contributed by atoms with van der Waals surface area (Å²) < 4.78 is 60.7. The van der Waals surface area contributed by atoms with Crippen molar-refractivity contribution in [2.75, 3.05) is 6.54 Å². The standard InChI is InChI=1S/C12H18FNO4S2/c1-12(2,3)7-8-14-20(17,18)11-6-4-5-10(9-11)19(13,15)16/h4-6,9,14H,7-8H2,1-3H3. The van der Waals surface area contributed by atoms with Gasteiger partial charge < -0.3 is 0 Å². The molecule has 0 radical (unpaired) electrons. The van der Waals surface area contributed by atoms with Crippen LogP contribution in [0.3, 0.4) is 0 Å². The largest absolute Gasteiger partial charge is 0.332 e. The van der Waals surface area contributed by atoms with Crippen molar-refractivity contribution in [3.05, 3.63) is 24.3 Å². The number of rotatable bonds is 5. The Bertz CT molecular complexity index is 676. The summed E-state index contributed by atoms with van der Waals surface area (Å²) >= 11 is 0. The third-order valence-electron chi connectivity index (χ3n) is 2.56. The average Bonchev–Trinajstić information content (AvgIpc) is 2.26. The van der Waals surface area contributed by atoms with Crippen molar-refractivity contribution in [3.63, 3.8) is 0 Å². The lowest BCUT2D eigenvalue weighted by Crippen LogP contribution is -2.27. The van der Waals surface area contributed by atoms with Gasteiger partial charge in [0.05, 0.1) is 9.79 Å². The Balaban J connectivity index is 2.94. The topological polar surface area (TPSA) is 80.3 Å². The van der Waals surface area contributed by atoms with Gasteiger partial charge in [0.1, 0.15) is 0 Å². The van der Waals surface area contributed by atoms with E-state index in [9.17, 15) is 20.7 Å². The Hall–Kier alpha value is -0.990. The van der Waals surface area contributed by atoms with Gasteiger partial charge >= 0.3 is 10.2 Å². The zero-order valence-corrected chi connectivity index (χ0v) is 13.2. The highest BCUT2D eigenvalue weighted by Gasteiger charge is 2.19. The molecular weight excluding hydrogens is 305 g/mol. The van der Waals surface area contributed by atoms with Gasteiger partial charge in [0, 0.05) is 6.54 Å². The molecule has 0 spiro atoms. The Kier molecular flexibility index (Phi) is 4.94. The lowest BCUT2D eigenvalue weighted by Gasteiger charge is -2.18. The Morgan fingerprint density at radius 1 is 1.10 bits per heavy atom. The highest BCUT2D eigenvalue weighted by molar-refractivity contribution is 7.89. The highest BCUT2D eigenvalue weighted by Crippen LogP contribution is 2.19. The zero-order valence-electron chi connectivity index (χ0n) is 11.6. The zero-order chi connectivity index (χ0) is 15.6. The second-order valence-corrected chi connectivity index (χ2v) is 8.74. The molecule has 0 unspecified atom stereocenters. The van der Waals surface area contributed by atoms with Crippen LogP contribution < -0.4 is 4.72 Å². The van der Waals surface area contributed by atoms with E-state index in [0.717, 1.165) is 12.1 Å². The van der Waals surface area contributed by atoms with E-state index >= 15 is 0 Å². The molecule has 20 heavy (non-hydrogen) atoms. The third-order valence-corrected chi connectivity index (χ3v) is 4.84. The van der Waals surface area contributed by atoms with Crippen LogP contribution in [0, 0.1) is 5.41 Å². The molecule has 5 nitrogen and oxygen atoms in total. The second-order valence-electron chi connectivity index (χ2n) is 5.62. The fourth-order valence-electron chi connectivity index (χ4n) is 1.44. The summed E-state index contributed by atoms with van der Waals surface area (Å²) in [6, 6.07) is 4.21. The number of nitrogens with one attached hydrogen (secondary N) is 1. The van der Waals surface area contributed by atoms with Gasteiger partial charge in [-0.3, -0.25) is 0 Å². The molecule has 8 heteroatoms. The van der Waals surface area contributed by atoms with Gasteiger partial charge in [0.25, 0.3) is 0 Å². The molecule has 0 saturated heterocycles. The van der Waals surface area contributed by atoms with Crippen molar-refractivity contribution in [1.82, 2.24) is 4.72 Å². The number of hydrogen-bond acceptors (Lipinski definition) is 4. The molecule has 0 aliphatic rings. The molecule has 0 heterocycles. The lowest BCUT2D eigenvalue weighted by atomic mass is 9.93. The van der Waals surface area contributed by atoms with Gasteiger partial charge in [-0.05, 0) is 30.0 Å². The van der Waals surface area contributed by atoms with Gasteiger partial charge in [0.2, 0.25) is 10.0 Å².